The van der Waals surface area contributed by atoms with Gasteiger partial charge < -0.3 is 4.74 Å². The third-order valence-electron chi connectivity index (χ3n) is 4.98. The van der Waals surface area contributed by atoms with Gasteiger partial charge in [-0.3, -0.25) is 4.90 Å². The van der Waals surface area contributed by atoms with Gasteiger partial charge in [0.05, 0.1) is 4.90 Å². The van der Waals surface area contributed by atoms with Crippen molar-refractivity contribution in [3.05, 3.63) is 59.2 Å². The molecule has 0 bridgehead atoms. The van der Waals surface area contributed by atoms with E-state index in [1.807, 2.05) is 50.2 Å². The molecular weight excluding hydrogens is 360 g/mol. The van der Waals surface area contributed by atoms with Crippen LogP contribution in [-0.2, 0) is 10.0 Å². The van der Waals surface area contributed by atoms with Gasteiger partial charge >= 0.3 is 0 Å². The van der Waals surface area contributed by atoms with Crippen LogP contribution in [0, 0.1) is 20.8 Å². The van der Waals surface area contributed by atoms with Crippen molar-refractivity contribution in [2.45, 2.75) is 25.7 Å². The van der Waals surface area contributed by atoms with Gasteiger partial charge in [-0.15, -0.1) is 0 Å². The lowest BCUT2D eigenvalue weighted by molar-refractivity contribution is 0.159. The number of piperazine rings is 1. The van der Waals surface area contributed by atoms with Gasteiger partial charge in [-0.05, 0) is 44.5 Å². The molecule has 1 saturated heterocycles. The molecule has 3 rings (SSSR count). The van der Waals surface area contributed by atoms with E-state index in [2.05, 4.69) is 11.8 Å². The lowest BCUT2D eigenvalue weighted by atomic mass is 10.2. The van der Waals surface area contributed by atoms with Crippen molar-refractivity contribution in [2.24, 2.45) is 0 Å². The second kappa shape index (κ2) is 8.42. The Bertz CT molecular complexity index is 871. The van der Waals surface area contributed by atoms with Gasteiger partial charge in [0.2, 0.25) is 10.0 Å². The molecular formula is C21H28N2O3S. The van der Waals surface area contributed by atoms with E-state index in [1.165, 1.54) is 5.56 Å². The third kappa shape index (κ3) is 4.89. The van der Waals surface area contributed by atoms with E-state index in [9.17, 15) is 8.42 Å². The molecule has 0 aromatic heterocycles. The highest BCUT2D eigenvalue weighted by molar-refractivity contribution is 7.89. The molecule has 1 heterocycles. The summed E-state index contributed by atoms with van der Waals surface area (Å²) in [5.41, 5.74) is 3.09. The fourth-order valence-corrected chi connectivity index (χ4v) is 4.98. The molecule has 1 fully saturated rings. The van der Waals surface area contributed by atoms with Crippen LogP contribution in [-0.4, -0.2) is 57.0 Å². The number of hydrogen-bond acceptors (Lipinski definition) is 4. The van der Waals surface area contributed by atoms with Crippen LogP contribution in [0.2, 0.25) is 0 Å². The summed E-state index contributed by atoms with van der Waals surface area (Å²) in [4.78, 5) is 2.67. The molecule has 0 saturated carbocycles. The Hall–Kier alpha value is -1.89. The highest BCUT2D eigenvalue weighted by Gasteiger charge is 2.29. The molecule has 1 aliphatic heterocycles. The van der Waals surface area contributed by atoms with Crippen LogP contribution in [0.25, 0.3) is 0 Å². The molecule has 0 radical (unpaired) electrons. The summed E-state index contributed by atoms with van der Waals surface area (Å²) in [6.45, 7) is 9.76. The summed E-state index contributed by atoms with van der Waals surface area (Å²) in [5, 5.41) is 0. The molecule has 6 heteroatoms. The van der Waals surface area contributed by atoms with Crippen molar-refractivity contribution in [1.82, 2.24) is 9.21 Å². The molecule has 27 heavy (non-hydrogen) atoms. The summed E-state index contributed by atoms with van der Waals surface area (Å²) in [6, 6.07) is 13.5. The lowest BCUT2D eigenvalue weighted by Crippen LogP contribution is -2.49. The van der Waals surface area contributed by atoms with Crippen molar-refractivity contribution < 1.29 is 13.2 Å². The van der Waals surface area contributed by atoms with Crippen molar-refractivity contribution >= 4 is 10.0 Å². The zero-order valence-corrected chi connectivity index (χ0v) is 17.1. The summed E-state index contributed by atoms with van der Waals surface area (Å²) < 4.78 is 33.3. The summed E-state index contributed by atoms with van der Waals surface area (Å²) >= 11 is 0. The first-order valence-corrected chi connectivity index (χ1v) is 10.8. The predicted molar refractivity (Wildman–Crippen MR) is 108 cm³/mol. The van der Waals surface area contributed by atoms with Gasteiger partial charge in [0, 0.05) is 32.7 Å². The molecule has 0 unspecified atom stereocenters. The van der Waals surface area contributed by atoms with E-state index in [-0.39, 0.29) is 0 Å². The van der Waals surface area contributed by atoms with Crippen LogP contribution in [0.1, 0.15) is 16.7 Å². The Morgan fingerprint density at radius 1 is 0.889 bits per heavy atom. The van der Waals surface area contributed by atoms with Gasteiger partial charge in [0.25, 0.3) is 0 Å². The lowest BCUT2D eigenvalue weighted by Gasteiger charge is -2.34. The highest BCUT2D eigenvalue weighted by Crippen LogP contribution is 2.22. The number of benzene rings is 2. The number of sulfonamides is 1. The van der Waals surface area contributed by atoms with E-state index in [4.69, 9.17) is 4.74 Å². The van der Waals surface area contributed by atoms with E-state index in [1.54, 1.807) is 10.4 Å². The summed E-state index contributed by atoms with van der Waals surface area (Å²) in [6.07, 6.45) is 0. The first-order chi connectivity index (χ1) is 12.9. The van der Waals surface area contributed by atoms with Gasteiger partial charge in [-0.2, -0.15) is 4.31 Å². The fourth-order valence-electron chi connectivity index (χ4n) is 3.35. The SMILES string of the molecule is Cc1ccc(OCCN2CCN(S(=O)(=O)c3ccc(C)cc3C)CC2)cc1. The van der Waals surface area contributed by atoms with Crippen LogP contribution >= 0.6 is 0 Å². The Morgan fingerprint density at radius 2 is 1.52 bits per heavy atom. The molecule has 0 N–H and O–H groups in total. The maximum Gasteiger partial charge on any atom is 0.243 e. The smallest absolute Gasteiger partial charge is 0.243 e. The number of hydrogen-bond donors (Lipinski definition) is 0. The third-order valence-corrected chi connectivity index (χ3v) is 7.04. The van der Waals surface area contributed by atoms with Crippen LogP contribution in [0.4, 0.5) is 0 Å². The Morgan fingerprint density at radius 3 is 2.15 bits per heavy atom. The van der Waals surface area contributed by atoms with E-state index < -0.39 is 10.0 Å². The minimum atomic E-state index is -3.43. The maximum atomic E-state index is 12.9. The predicted octanol–water partition coefficient (Wildman–Crippen LogP) is 3.00. The molecule has 2 aromatic rings. The number of rotatable bonds is 6. The van der Waals surface area contributed by atoms with Crippen LogP contribution in [0.5, 0.6) is 5.75 Å². The standard InChI is InChI=1S/C21H28N2O3S/c1-17-4-7-20(8-5-17)26-15-14-22-10-12-23(13-11-22)27(24,25)21-9-6-18(2)16-19(21)3/h4-9,16H,10-15H2,1-3H3. The molecule has 0 atom stereocenters. The molecule has 1 aliphatic rings. The van der Waals surface area contributed by atoms with Crippen LogP contribution in [0.15, 0.2) is 47.4 Å². The molecule has 5 nitrogen and oxygen atoms in total. The van der Waals surface area contributed by atoms with E-state index in [0.717, 1.165) is 36.5 Å². The molecule has 0 spiro atoms. The Balaban J connectivity index is 1.51. The number of aryl methyl sites for hydroxylation is 3. The Kier molecular flexibility index (Phi) is 6.19. The normalized spacial score (nSPS) is 16.4. The van der Waals surface area contributed by atoms with Crippen LogP contribution < -0.4 is 4.74 Å². The van der Waals surface area contributed by atoms with Gasteiger partial charge in [0.1, 0.15) is 12.4 Å². The van der Waals surface area contributed by atoms with E-state index in [0.29, 0.717) is 24.6 Å². The molecule has 0 aliphatic carbocycles. The van der Waals surface area contributed by atoms with Crippen molar-refractivity contribution in [3.63, 3.8) is 0 Å². The average molecular weight is 389 g/mol. The Labute approximate surface area is 162 Å². The molecule has 0 amide bonds. The average Bonchev–Trinajstić information content (AvgIpc) is 2.63. The molecule has 2 aromatic carbocycles. The van der Waals surface area contributed by atoms with Gasteiger partial charge in [-0.1, -0.05) is 35.4 Å². The number of ether oxygens (including phenoxy) is 1. The van der Waals surface area contributed by atoms with Gasteiger partial charge in [0.15, 0.2) is 0 Å². The zero-order chi connectivity index (χ0) is 19.4. The monoisotopic (exact) mass is 388 g/mol. The van der Waals surface area contributed by atoms with Crippen molar-refractivity contribution in [3.8, 4) is 5.75 Å². The minimum absolute atomic E-state index is 0.421. The highest BCUT2D eigenvalue weighted by atomic mass is 32.2. The maximum absolute atomic E-state index is 12.9. The quantitative estimate of drug-likeness (QED) is 0.763. The van der Waals surface area contributed by atoms with Crippen molar-refractivity contribution in [2.75, 3.05) is 39.3 Å². The second-order valence-electron chi connectivity index (χ2n) is 7.18. The first-order valence-electron chi connectivity index (χ1n) is 9.35. The fraction of sp³-hybridized carbons (Fsp3) is 0.429. The summed E-state index contributed by atoms with van der Waals surface area (Å²) in [5.74, 6) is 0.872. The van der Waals surface area contributed by atoms with Crippen LogP contribution in [0.3, 0.4) is 0 Å². The largest absolute Gasteiger partial charge is 0.492 e. The first kappa shape index (κ1) is 19.9. The minimum Gasteiger partial charge on any atom is -0.492 e. The summed E-state index contributed by atoms with van der Waals surface area (Å²) in [7, 11) is -3.43. The van der Waals surface area contributed by atoms with Crippen molar-refractivity contribution in [1.29, 1.82) is 0 Å². The second-order valence-corrected chi connectivity index (χ2v) is 9.08. The number of nitrogens with zero attached hydrogens (tertiary/aromatic N) is 2. The topological polar surface area (TPSA) is 49.9 Å². The molecule has 146 valence electrons. The zero-order valence-electron chi connectivity index (χ0n) is 16.3. The van der Waals surface area contributed by atoms with E-state index >= 15 is 0 Å². The van der Waals surface area contributed by atoms with Gasteiger partial charge in [-0.25, -0.2) is 8.42 Å².